The van der Waals surface area contributed by atoms with Crippen LogP contribution in [0.2, 0.25) is 0 Å². The molecule has 1 aromatic heterocycles. The van der Waals surface area contributed by atoms with Gasteiger partial charge in [-0.05, 0) is 43.4 Å². The Balaban J connectivity index is 1.87. The summed E-state index contributed by atoms with van der Waals surface area (Å²) in [6.45, 7) is 6.38. The summed E-state index contributed by atoms with van der Waals surface area (Å²) in [6.07, 6.45) is 6.43. The molecule has 1 aliphatic carbocycles. The molecule has 104 valence electrons. The molecule has 0 spiro atoms. The predicted octanol–water partition coefficient (Wildman–Crippen LogP) is 3.72. The third-order valence-corrected chi connectivity index (χ3v) is 3.85. The smallest absolute Gasteiger partial charge is 0.244 e. The molecule has 3 heteroatoms. The van der Waals surface area contributed by atoms with Crippen LogP contribution in [0.15, 0.2) is 22.6 Å². The highest BCUT2D eigenvalue weighted by atomic mass is 16.3. The number of hydrogen-bond acceptors (Lipinski definition) is 2. The summed E-state index contributed by atoms with van der Waals surface area (Å²) in [5, 5.41) is 2.97. The molecule has 1 aromatic rings. The molecule has 1 aliphatic rings. The second-order valence-electron chi connectivity index (χ2n) is 5.41. The molecule has 19 heavy (non-hydrogen) atoms. The predicted molar refractivity (Wildman–Crippen MR) is 76.8 cm³/mol. The van der Waals surface area contributed by atoms with E-state index >= 15 is 0 Å². The Labute approximate surface area is 115 Å². The zero-order valence-corrected chi connectivity index (χ0v) is 12.0. The van der Waals surface area contributed by atoms with Gasteiger partial charge < -0.3 is 9.73 Å². The number of nitrogens with one attached hydrogen (secondary N) is 1. The first-order chi connectivity index (χ1) is 9.13. The summed E-state index contributed by atoms with van der Waals surface area (Å²) in [5.74, 6) is 3.08. The first kappa shape index (κ1) is 13.9. The van der Waals surface area contributed by atoms with Crippen LogP contribution in [0.4, 0.5) is 0 Å². The Hall–Kier alpha value is -1.51. The molecule has 0 bridgehead atoms. The van der Waals surface area contributed by atoms with Crippen molar-refractivity contribution in [1.29, 1.82) is 0 Å². The summed E-state index contributed by atoms with van der Waals surface area (Å²) in [4.78, 5) is 11.7. The van der Waals surface area contributed by atoms with Gasteiger partial charge in [-0.3, -0.25) is 4.79 Å². The van der Waals surface area contributed by atoms with Gasteiger partial charge in [-0.15, -0.1) is 0 Å². The molecule has 0 saturated heterocycles. The third kappa shape index (κ3) is 3.72. The van der Waals surface area contributed by atoms with Crippen LogP contribution in [-0.4, -0.2) is 11.9 Å². The van der Waals surface area contributed by atoms with Crippen LogP contribution in [0.1, 0.15) is 57.5 Å². The van der Waals surface area contributed by atoms with Crippen molar-refractivity contribution in [3.05, 3.63) is 29.7 Å². The molecule has 1 saturated carbocycles. The Kier molecular flexibility index (Phi) is 4.46. The molecule has 0 aliphatic heterocycles. The lowest BCUT2D eigenvalue weighted by atomic mass is 10.2. The van der Waals surface area contributed by atoms with E-state index in [9.17, 15) is 4.79 Å². The van der Waals surface area contributed by atoms with E-state index in [0.29, 0.717) is 5.92 Å². The van der Waals surface area contributed by atoms with Gasteiger partial charge in [-0.2, -0.15) is 0 Å². The standard InChI is InChI=1S/C16H23NO2/c1-4-12(5-2)17-16(18)9-7-13-6-8-15(19-13)14-10-11(14)3/h6-9,11-12,14H,4-5,10H2,1-3H3,(H,17,18)/b9-7+. The average Bonchev–Trinajstić information content (AvgIpc) is 2.96. The molecule has 0 radical (unpaired) electrons. The highest BCUT2D eigenvalue weighted by molar-refractivity contribution is 5.91. The van der Waals surface area contributed by atoms with Crippen molar-refractivity contribution in [2.45, 2.75) is 52.0 Å². The number of hydrogen-bond donors (Lipinski definition) is 1. The first-order valence-corrected chi connectivity index (χ1v) is 7.22. The maximum atomic E-state index is 11.7. The fourth-order valence-electron chi connectivity index (χ4n) is 2.28. The Morgan fingerprint density at radius 3 is 2.74 bits per heavy atom. The molecule has 1 fully saturated rings. The van der Waals surface area contributed by atoms with Crippen LogP contribution in [0, 0.1) is 5.92 Å². The van der Waals surface area contributed by atoms with Crippen molar-refractivity contribution in [3.63, 3.8) is 0 Å². The van der Waals surface area contributed by atoms with Gasteiger partial charge in [0, 0.05) is 18.0 Å². The van der Waals surface area contributed by atoms with Gasteiger partial charge in [0.15, 0.2) is 0 Å². The SMILES string of the molecule is CCC(CC)NC(=O)/C=C/c1ccc(C2CC2C)o1. The lowest BCUT2D eigenvalue weighted by Crippen LogP contribution is -2.32. The molecule has 1 N–H and O–H groups in total. The molecule has 3 nitrogen and oxygen atoms in total. The molecular weight excluding hydrogens is 238 g/mol. The van der Waals surface area contributed by atoms with Crippen molar-refractivity contribution < 1.29 is 9.21 Å². The summed E-state index contributed by atoms with van der Waals surface area (Å²) in [5.41, 5.74) is 0. The van der Waals surface area contributed by atoms with Crippen molar-refractivity contribution >= 4 is 12.0 Å². The minimum absolute atomic E-state index is 0.0496. The van der Waals surface area contributed by atoms with Crippen molar-refractivity contribution in [1.82, 2.24) is 5.32 Å². The molecule has 2 rings (SSSR count). The van der Waals surface area contributed by atoms with E-state index in [1.165, 1.54) is 6.42 Å². The fourth-order valence-corrected chi connectivity index (χ4v) is 2.28. The normalized spacial score (nSPS) is 22.1. The quantitative estimate of drug-likeness (QED) is 0.793. The van der Waals surface area contributed by atoms with E-state index in [2.05, 4.69) is 26.1 Å². The molecule has 1 heterocycles. The van der Waals surface area contributed by atoms with E-state index < -0.39 is 0 Å². The largest absolute Gasteiger partial charge is 0.461 e. The van der Waals surface area contributed by atoms with Crippen LogP contribution < -0.4 is 5.32 Å². The first-order valence-electron chi connectivity index (χ1n) is 7.22. The maximum absolute atomic E-state index is 11.7. The van der Waals surface area contributed by atoms with Gasteiger partial charge in [0.25, 0.3) is 0 Å². The van der Waals surface area contributed by atoms with E-state index in [1.54, 1.807) is 12.2 Å². The van der Waals surface area contributed by atoms with Gasteiger partial charge in [0.1, 0.15) is 11.5 Å². The Morgan fingerprint density at radius 1 is 1.47 bits per heavy atom. The number of amides is 1. The molecule has 2 unspecified atom stereocenters. The zero-order valence-electron chi connectivity index (χ0n) is 12.0. The summed E-state index contributed by atoms with van der Waals surface area (Å²) < 4.78 is 5.72. The van der Waals surface area contributed by atoms with E-state index in [1.807, 2.05) is 12.1 Å². The molecule has 0 aromatic carbocycles. The molecular formula is C16H23NO2. The lowest BCUT2D eigenvalue weighted by Gasteiger charge is -2.12. The molecule has 1 amide bonds. The van der Waals surface area contributed by atoms with Gasteiger partial charge >= 0.3 is 0 Å². The number of furan rings is 1. The van der Waals surface area contributed by atoms with Crippen LogP contribution in [0.25, 0.3) is 6.08 Å². The molecule has 2 atom stereocenters. The minimum Gasteiger partial charge on any atom is -0.461 e. The maximum Gasteiger partial charge on any atom is 0.244 e. The van der Waals surface area contributed by atoms with Crippen LogP contribution >= 0.6 is 0 Å². The number of carbonyl (C=O) groups is 1. The topological polar surface area (TPSA) is 42.2 Å². The van der Waals surface area contributed by atoms with Crippen LogP contribution in [-0.2, 0) is 4.79 Å². The highest BCUT2D eigenvalue weighted by Gasteiger charge is 2.36. The van der Waals surface area contributed by atoms with E-state index in [-0.39, 0.29) is 11.9 Å². The second-order valence-corrected chi connectivity index (χ2v) is 5.41. The van der Waals surface area contributed by atoms with Gasteiger partial charge in [-0.1, -0.05) is 20.8 Å². The second kappa shape index (κ2) is 6.09. The van der Waals surface area contributed by atoms with Crippen LogP contribution in [0.5, 0.6) is 0 Å². The monoisotopic (exact) mass is 261 g/mol. The Morgan fingerprint density at radius 2 is 2.16 bits per heavy atom. The number of rotatable bonds is 6. The summed E-state index contributed by atoms with van der Waals surface area (Å²) >= 11 is 0. The van der Waals surface area contributed by atoms with Gasteiger partial charge in [0.05, 0.1) is 0 Å². The van der Waals surface area contributed by atoms with Gasteiger partial charge in [-0.25, -0.2) is 0 Å². The van der Waals surface area contributed by atoms with Crippen LogP contribution in [0.3, 0.4) is 0 Å². The van der Waals surface area contributed by atoms with Gasteiger partial charge in [0.2, 0.25) is 5.91 Å². The fraction of sp³-hybridized carbons (Fsp3) is 0.562. The van der Waals surface area contributed by atoms with E-state index in [4.69, 9.17) is 4.42 Å². The summed E-state index contributed by atoms with van der Waals surface area (Å²) in [6, 6.07) is 4.21. The van der Waals surface area contributed by atoms with Crippen molar-refractivity contribution in [2.24, 2.45) is 5.92 Å². The van der Waals surface area contributed by atoms with Crippen molar-refractivity contribution in [3.8, 4) is 0 Å². The average molecular weight is 261 g/mol. The third-order valence-electron chi connectivity index (χ3n) is 3.85. The van der Waals surface area contributed by atoms with Crippen molar-refractivity contribution in [2.75, 3.05) is 0 Å². The number of carbonyl (C=O) groups excluding carboxylic acids is 1. The summed E-state index contributed by atoms with van der Waals surface area (Å²) in [7, 11) is 0. The lowest BCUT2D eigenvalue weighted by molar-refractivity contribution is -0.117. The Bertz CT molecular complexity index is 457. The zero-order chi connectivity index (χ0) is 13.8. The highest BCUT2D eigenvalue weighted by Crippen LogP contribution is 2.47. The minimum atomic E-state index is -0.0496. The van der Waals surface area contributed by atoms with E-state index in [0.717, 1.165) is 30.3 Å².